The molecular formula is C13H24N4O2S2. The first-order valence-corrected chi connectivity index (χ1v) is 10.2. The van der Waals surface area contributed by atoms with Crippen molar-refractivity contribution < 1.29 is 8.42 Å². The lowest BCUT2D eigenvalue weighted by Gasteiger charge is -2.27. The lowest BCUT2D eigenvalue weighted by molar-refractivity contribution is 0.490. The van der Waals surface area contributed by atoms with Crippen molar-refractivity contribution in [1.29, 1.82) is 0 Å². The zero-order chi connectivity index (χ0) is 15.6. The quantitative estimate of drug-likeness (QED) is 0.883. The molecule has 2 atom stereocenters. The van der Waals surface area contributed by atoms with Crippen LogP contribution in [-0.4, -0.2) is 39.9 Å². The number of nitrogens with two attached hydrogens (primary N) is 1. The van der Waals surface area contributed by atoms with E-state index in [4.69, 9.17) is 5.73 Å². The van der Waals surface area contributed by atoms with Crippen molar-refractivity contribution in [1.82, 2.24) is 14.8 Å². The van der Waals surface area contributed by atoms with Crippen LogP contribution >= 0.6 is 11.8 Å². The molecule has 1 aliphatic carbocycles. The Morgan fingerprint density at radius 1 is 1.38 bits per heavy atom. The zero-order valence-electron chi connectivity index (χ0n) is 12.8. The van der Waals surface area contributed by atoms with Crippen molar-refractivity contribution in [2.45, 2.75) is 67.8 Å². The summed E-state index contributed by atoms with van der Waals surface area (Å²) in [5.74, 6) is 0.781. The molecule has 1 fully saturated rings. The van der Waals surface area contributed by atoms with Crippen LogP contribution in [0.4, 0.5) is 0 Å². The molecule has 0 spiro atoms. The van der Waals surface area contributed by atoms with Gasteiger partial charge in [-0.25, -0.2) is 8.42 Å². The lowest BCUT2D eigenvalue weighted by Crippen LogP contribution is -2.28. The molecule has 2 rings (SSSR count). The highest BCUT2D eigenvalue weighted by Gasteiger charge is 2.30. The number of aromatic nitrogens is 3. The van der Waals surface area contributed by atoms with Gasteiger partial charge in [-0.05, 0) is 33.1 Å². The summed E-state index contributed by atoms with van der Waals surface area (Å²) in [4.78, 5) is 0. The maximum Gasteiger partial charge on any atom is 0.191 e. The van der Waals surface area contributed by atoms with E-state index in [0.29, 0.717) is 13.0 Å². The van der Waals surface area contributed by atoms with E-state index in [1.54, 1.807) is 11.8 Å². The van der Waals surface area contributed by atoms with Gasteiger partial charge in [-0.3, -0.25) is 0 Å². The Labute approximate surface area is 130 Å². The maximum atomic E-state index is 11.8. The molecule has 1 heterocycles. The van der Waals surface area contributed by atoms with E-state index < -0.39 is 9.84 Å². The summed E-state index contributed by atoms with van der Waals surface area (Å²) in [6, 6.07) is 0.246. The Hall–Kier alpha value is -0.600. The molecule has 21 heavy (non-hydrogen) atoms. The molecule has 0 aromatic carbocycles. The average molecular weight is 332 g/mol. The van der Waals surface area contributed by atoms with E-state index in [9.17, 15) is 8.42 Å². The van der Waals surface area contributed by atoms with E-state index in [0.717, 1.165) is 30.2 Å². The van der Waals surface area contributed by atoms with Gasteiger partial charge in [-0.1, -0.05) is 18.2 Å². The van der Waals surface area contributed by atoms with Crippen LogP contribution in [0.25, 0.3) is 0 Å². The smallest absolute Gasteiger partial charge is 0.191 e. The molecule has 0 radical (unpaired) electrons. The third kappa shape index (κ3) is 3.98. The third-order valence-corrected chi connectivity index (χ3v) is 6.78. The SMILES string of the molecule is CC(C)n1c(CN)nnc1SC1CCCC(S(C)(=O)=O)C1. The van der Waals surface area contributed by atoms with Gasteiger partial charge in [0.05, 0.1) is 11.8 Å². The van der Waals surface area contributed by atoms with Crippen molar-refractivity contribution in [3.05, 3.63) is 5.82 Å². The molecule has 1 saturated carbocycles. The summed E-state index contributed by atoms with van der Waals surface area (Å²) in [6.07, 6.45) is 4.80. The molecule has 120 valence electrons. The van der Waals surface area contributed by atoms with Crippen LogP contribution in [0.1, 0.15) is 51.4 Å². The van der Waals surface area contributed by atoms with Crippen LogP contribution in [-0.2, 0) is 16.4 Å². The molecule has 0 aliphatic heterocycles. The molecular weight excluding hydrogens is 308 g/mol. The molecule has 6 nitrogen and oxygen atoms in total. The standard InChI is InChI=1S/C13H24N4O2S2/c1-9(2)17-12(8-14)15-16-13(17)20-10-5-4-6-11(7-10)21(3,18)19/h9-11H,4-8,14H2,1-3H3. The normalized spacial score (nSPS) is 23.7. The van der Waals surface area contributed by atoms with E-state index >= 15 is 0 Å². The van der Waals surface area contributed by atoms with Crippen LogP contribution in [0, 0.1) is 0 Å². The maximum absolute atomic E-state index is 11.8. The number of hydrogen-bond acceptors (Lipinski definition) is 6. The minimum atomic E-state index is -2.95. The predicted octanol–water partition coefficient (Wildman–Crippen LogP) is 1.77. The summed E-state index contributed by atoms with van der Waals surface area (Å²) in [7, 11) is -2.95. The first kappa shape index (κ1) is 16.8. The summed E-state index contributed by atoms with van der Waals surface area (Å²) in [5, 5.41) is 9.29. The molecule has 8 heteroatoms. The second-order valence-electron chi connectivity index (χ2n) is 5.92. The number of nitrogens with zero attached hydrogens (tertiary/aromatic N) is 3. The van der Waals surface area contributed by atoms with Crippen molar-refractivity contribution >= 4 is 21.6 Å². The van der Waals surface area contributed by atoms with Gasteiger partial charge in [-0.15, -0.1) is 10.2 Å². The Kier molecular flexibility index (Phi) is 5.32. The Bertz CT molecular complexity index is 583. The van der Waals surface area contributed by atoms with Crippen LogP contribution < -0.4 is 5.73 Å². The van der Waals surface area contributed by atoms with E-state index in [-0.39, 0.29) is 16.5 Å². The second kappa shape index (κ2) is 6.66. The highest BCUT2D eigenvalue weighted by atomic mass is 32.2. The van der Waals surface area contributed by atoms with E-state index in [1.807, 2.05) is 0 Å². The van der Waals surface area contributed by atoms with Gasteiger partial charge in [0.25, 0.3) is 0 Å². The van der Waals surface area contributed by atoms with Crippen molar-refractivity contribution in [2.24, 2.45) is 5.73 Å². The summed E-state index contributed by atoms with van der Waals surface area (Å²) >= 11 is 1.64. The fourth-order valence-corrected chi connectivity index (χ4v) is 5.52. The van der Waals surface area contributed by atoms with Gasteiger partial charge in [0, 0.05) is 17.5 Å². The predicted molar refractivity (Wildman–Crippen MR) is 85.0 cm³/mol. The topological polar surface area (TPSA) is 90.9 Å². The first-order valence-electron chi connectivity index (χ1n) is 7.32. The minimum Gasteiger partial charge on any atom is -0.324 e. The fraction of sp³-hybridized carbons (Fsp3) is 0.846. The molecule has 1 aromatic rings. The van der Waals surface area contributed by atoms with Crippen molar-refractivity contribution in [2.75, 3.05) is 6.26 Å². The number of sulfone groups is 1. The monoisotopic (exact) mass is 332 g/mol. The average Bonchev–Trinajstić information content (AvgIpc) is 2.81. The zero-order valence-corrected chi connectivity index (χ0v) is 14.5. The van der Waals surface area contributed by atoms with Gasteiger partial charge >= 0.3 is 0 Å². The minimum absolute atomic E-state index is 0.215. The van der Waals surface area contributed by atoms with Crippen molar-refractivity contribution in [3.8, 4) is 0 Å². The fourth-order valence-electron chi connectivity index (χ4n) is 2.79. The van der Waals surface area contributed by atoms with E-state index in [1.165, 1.54) is 6.26 Å². The van der Waals surface area contributed by atoms with Gasteiger partial charge in [0.1, 0.15) is 15.7 Å². The first-order chi connectivity index (χ1) is 9.82. The van der Waals surface area contributed by atoms with Crippen LogP contribution in [0.15, 0.2) is 5.16 Å². The van der Waals surface area contributed by atoms with Gasteiger partial charge in [-0.2, -0.15) is 0 Å². The second-order valence-corrected chi connectivity index (χ2v) is 9.52. The van der Waals surface area contributed by atoms with Crippen LogP contribution in [0.3, 0.4) is 0 Å². The largest absolute Gasteiger partial charge is 0.324 e. The summed E-state index contributed by atoms with van der Waals surface area (Å²) in [6.45, 7) is 4.52. The molecule has 2 N–H and O–H groups in total. The number of thioether (sulfide) groups is 1. The van der Waals surface area contributed by atoms with Gasteiger partial charge in [0.2, 0.25) is 0 Å². The molecule has 0 bridgehead atoms. The lowest BCUT2D eigenvalue weighted by atomic mass is 10.00. The van der Waals surface area contributed by atoms with Gasteiger partial charge in [0.15, 0.2) is 5.16 Å². The Balaban J connectivity index is 2.13. The van der Waals surface area contributed by atoms with Crippen LogP contribution in [0.2, 0.25) is 0 Å². The highest BCUT2D eigenvalue weighted by molar-refractivity contribution is 7.99. The number of rotatable bonds is 5. The summed E-state index contributed by atoms with van der Waals surface area (Å²) in [5.41, 5.74) is 5.70. The van der Waals surface area contributed by atoms with E-state index in [2.05, 4.69) is 28.6 Å². The molecule has 1 aliphatic rings. The summed E-state index contributed by atoms with van der Waals surface area (Å²) < 4.78 is 25.6. The third-order valence-electron chi connectivity index (χ3n) is 3.89. The number of hydrogen-bond donors (Lipinski definition) is 1. The van der Waals surface area contributed by atoms with Crippen molar-refractivity contribution in [3.63, 3.8) is 0 Å². The molecule has 2 unspecified atom stereocenters. The molecule has 0 saturated heterocycles. The Morgan fingerprint density at radius 2 is 2.10 bits per heavy atom. The Morgan fingerprint density at radius 3 is 2.67 bits per heavy atom. The van der Waals surface area contributed by atoms with Crippen LogP contribution in [0.5, 0.6) is 0 Å². The molecule has 0 amide bonds. The molecule has 1 aromatic heterocycles. The van der Waals surface area contributed by atoms with Gasteiger partial charge < -0.3 is 10.3 Å². The highest BCUT2D eigenvalue weighted by Crippen LogP contribution is 2.36.